The molecule has 148 valence electrons. The van der Waals surface area contributed by atoms with E-state index in [1.54, 1.807) is 48.3 Å². The Labute approximate surface area is 164 Å². The van der Waals surface area contributed by atoms with Crippen LogP contribution in [0.3, 0.4) is 0 Å². The average molecular weight is 402 g/mol. The Morgan fingerprint density at radius 3 is 2.64 bits per heavy atom. The number of amidine groups is 1. The molecule has 1 atom stereocenters. The summed E-state index contributed by atoms with van der Waals surface area (Å²) in [6, 6.07) is 13.8. The van der Waals surface area contributed by atoms with Crippen LogP contribution in [-0.2, 0) is 19.5 Å². The van der Waals surface area contributed by atoms with E-state index in [4.69, 9.17) is 9.47 Å². The first-order chi connectivity index (χ1) is 13.3. The lowest BCUT2D eigenvalue weighted by Gasteiger charge is -2.25. The predicted molar refractivity (Wildman–Crippen MR) is 105 cm³/mol. The van der Waals surface area contributed by atoms with Gasteiger partial charge >= 0.3 is 5.97 Å². The molecular weight excluding hydrogens is 380 g/mol. The zero-order chi connectivity index (χ0) is 20.3. The number of sulfonamides is 1. The number of likely N-dealkylation sites (N-methyl/N-ethyl adjacent to an activating group) is 1. The van der Waals surface area contributed by atoms with Gasteiger partial charge < -0.3 is 14.4 Å². The molecule has 0 radical (unpaired) electrons. The maximum absolute atomic E-state index is 12.5. The van der Waals surface area contributed by atoms with E-state index < -0.39 is 22.1 Å². The molecular formula is C20H22N2O5S. The average Bonchev–Trinajstić information content (AvgIpc) is 2.93. The molecule has 2 aromatic carbocycles. The normalized spacial score (nSPS) is 15.5. The van der Waals surface area contributed by atoms with Crippen LogP contribution >= 0.6 is 0 Å². The molecule has 0 saturated carbocycles. The highest BCUT2D eigenvalue weighted by Gasteiger charge is 2.31. The van der Waals surface area contributed by atoms with E-state index in [0.717, 1.165) is 5.56 Å². The summed E-state index contributed by atoms with van der Waals surface area (Å²) in [5, 5.41) is 0. The molecule has 0 N–H and O–H groups in total. The third-order valence-corrected chi connectivity index (χ3v) is 5.66. The monoisotopic (exact) mass is 402 g/mol. The molecule has 2 aromatic rings. The lowest BCUT2D eigenvalue weighted by Crippen LogP contribution is -2.38. The van der Waals surface area contributed by atoms with Gasteiger partial charge in [0.2, 0.25) is 0 Å². The number of carbonyl (C=O) groups is 1. The second-order valence-corrected chi connectivity index (χ2v) is 8.19. The molecule has 1 aliphatic heterocycles. The Hall–Kier alpha value is -2.71. The van der Waals surface area contributed by atoms with Gasteiger partial charge in [-0.3, -0.25) is 0 Å². The molecule has 0 aliphatic carbocycles. The highest BCUT2D eigenvalue weighted by atomic mass is 32.2. The lowest BCUT2D eigenvalue weighted by molar-refractivity contribution is 0.00103. The van der Waals surface area contributed by atoms with Gasteiger partial charge in [-0.25, -0.2) is 4.79 Å². The Bertz CT molecular complexity index is 1020. The van der Waals surface area contributed by atoms with Gasteiger partial charge in [-0.05, 0) is 31.2 Å². The minimum absolute atomic E-state index is 0.170. The van der Waals surface area contributed by atoms with Crippen molar-refractivity contribution in [3.05, 3.63) is 65.2 Å². The molecule has 7 nitrogen and oxygen atoms in total. The summed E-state index contributed by atoms with van der Waals surface area (Å²) in [7, 11) is -0.489. The number of aryl methyl sites for hydroxylation is 1. The SMILES string of the molecule is COC[C@H](CN(C)C1=NS(=O)(=O)c2ccccc21)OC(=O)c1cccc(C)c1. The molecule has 0 bridgehead atoms. The van der Waals surface area contributed by atoms with Gasteiger partial charge in [-0.1, -0.05) is 29.8 Å². The molecule has 0 spiro atoms. The third-order valence-electron chi connectivity index (χ3n) is 4.33. The van der Waals surface area contributed by atoms with Crippen LogP contribution in [0.15, 0.2) is 57.8 Å². The third kappa shape index (κ3) is 4.23. The van der Waals surface area contributed by atoms with E-state index in [-0.39, 0.29) is 18.0 Å². The van der Waals surface area contributed by atoms with Crippen molar-refractivity contribution in [1.82, 2.24) is 4.90 Å². The number of nitrogens with zero attached hydrogens (tertiary/aromatic N) is 2. The van der Waals surface area contributed by atoms with E-state index in [0.29, 0.717) is 17.0 Å². The van der Waals surface area contributed by atoms with Crippen molar-refractivity contribution in [1.29, 1.82) is 0 Å². The Kier molecular flexibility index (Phi) is 5.81. The van der Waals surface area contributed by atoms with Crippen molar-refractivity contribution in [3.63, 3.8) is 0 Å². The maximum Gasteiger partial charge on any atom is 0.338 e. The molecule has 0 fully saturated rings. The summed E-state index contributed by atoms with van der Waals surface area (Å²) in [5.41, 5.74) is 1.94. The summed E-state index contributed by atoms with van der Waals surface area (Å²) >= 11 is 0. The Morgan fingerprint density at radius 2 is 1.93 bits per heavy atom. The van der Waals surface area contributed by atoms with Crippen LogP contribution in [0.2, 0.25) is 0 Å². The number of benzene rings is 2. The first-order valence-electron chi connectivity index (χ1n) is 8.74. The highest BCUT2D eigenvalue weighted by Crippen LogP contribution is 2.27. The summed E-state index contributed by atoms with van der Waals surface area (Å²) < 4.78 is 39.2. The van der Waals surface area contributed by atoms with Crippen LogP contribution in [-0.4, -0.2) is 58.5 Å². The predicted octanol–water partition coefficient (Wildman–Crippen LogP) is 2.25. The van der Waals surface area contributed by atoms with Gasteiger partial charge in [0.05, 0.1) is 18.7 Å². The zero-order valence-electron chi connectivity index (χ0n) is 16.0. The molecule has 1 aliphatic rings. The molecule has 8 heteroatoms. The first kappa shape index (κ1) is 20.0. The van der Waals surface area contributed by atoms with E-state index in [2.05, 4.69) is 4.40 Å². The van der Waals surface area contributed by atoms with E-state index in [1.807, 2.05) is 13.0 Å². The molecule has 0 saturated heterocycles. The van der Waals surface area contributed by atoms with Crippen molar-refractivity contribution >= 4 is 21.8 Å². The van der Waals surface area contributed by atoms with Crippen molar-refractivity contribution in [2.24, 2.45) is 4.40 Å². The fourth-order valence-corrected chi connectivity index (χ4v) is 4.31. The van der Waals surface area contributed by atoms with E-state index in [1.165, 1.54) is 13.2 Å². The molecule has 28 heavy (non-hydrogen) atoms. The smallest absolute Gasteiger partial charge is 0.338 e. The molecule has 0 aromatic heterocycles. The zero-order valence-corrected chi connectivity index (χ0v) is 16.8. The number of hydrogen-bond acceptors (Lipinski definition) is 6. The number of fused-ring (bicyclic) bond motifs is 1. The van der Waals surface area contributed by atoms with Gasteiger partial charge in [-0.2, -0.15) is 8.42 Å². The minimum atomic E-state index is -3.71. The Morgan fingerprint density at radius 1 is 1.18 bits per heavy atom. The molecule has 3 rings (SSSR count). The van der Waals surface area contributed by atoms with Crippen molar-refractivity contribution < 1.29 is 22.7 Å². The highest BCUT2D eigenvalue weighted by molar-refractivity contribution is 7.90. The van der Waals surface area contributed by atoms with E-state index >= 15 is 0 Å². The lowest BCUT2D eigenvalue weighted by atomic mass is 10.1. The van der Waals surface area contributed by atoms with Crippen LogP contribution < -0.4 is 0 Å². The van der Waals surface area contributed by atoms with Crippen LogP contribution in [0.1, 0.15) is 21.5 Å². The topological polar surface area (TPSA) is 85.3 Å². The van der Waals surface area contributed by atoms with Crippen molar-refractivity contribution in [3.8, 4) is 0 Å². The standard InChI is InChI=1S/C20H22N2O5S/c1-14-7-6-8-15(11-14)20(23)27-16(13-26-3)12-22(2)19-17-9-4-5-10-18(17)28(24,25)21-19/h4-11,16H,12-13H2,1-3H3/t16-/m0/s1. The van der Waals surface area contributed by atoms with Crippen molar-refractivity contribution in [2.75, 3.05) is 27.3 Å². The molecule has 1 heterocycles. The second-order valence-electron chi connectivity index (χ2n) is 6.62. The Balaban J connectivity index is 1.77. The maximum atomic E-state index is 12.5. The van der Waals surface area contributed by atoms with Crippen LogP contribution in [0.4, 0.5) is 0 Å². The number of hydrogen-bond donors (Lipinski definition) is 0. The van der Waals surface area contributed by atoms with Crippen LogP contribution in [0.25, 0.3) is 0 Å². The summed E-state index contributed by atoms with van der Waals surface area (Å²) in [6.07, 6.45) is -0.596. The van der Waals surface area contributed by atoms with Gasteiger partial charge in [0.15, 0.2) is 5.84 Å². The minimum Gasteiger partial charge on any atom is -0.454 e. The second kappa shape index (κ2) is 8.12. The largest absolute Gasteiger partial charge is 0.454 e. The number of carbonyl (C=O) groups excluding carboxylic acids is 1. The summed E-state index contributed by atoms with van der Waals surface area (Å²) in [4.78, 5) is 14.3. The summed E-state index contributed by atoms with van der Waals surface area (Å²) in [5.74, 6) is -0.135. The van der Waals surface area contributed by atoms with Crippen LogP contribution in [0, 0.1) is 6.92 Å². The number of esters is 1. The summed E-state index contributed by atoms with van der Waals surface area (Å²) in [6.45, 7) is 2.30. The molecule has 0 unspecified atom stereocenters. The van der Waals surface area contributed by atoms with Crippen LogP contribution in [0.5, 0.6) is 0 Å². The number of rotatable bonds is 6. The fraction of sp³-hybridized carbons (Fsp3) is 0.300. The quantitative estimate of drug-likeness (QED) is 0.689. The number of ether oxygens (including phenoxy) is 2. The van der Waals surface area contributed by atoms with Gasteiger partial charge in [0, 0.05) is 19.7 Å². The first-order valence-corrected chi connectivity index (χ1v) is 10.2. The van der Waals surface area contributed by atoms with E-state index in [9.17, 15) is 13.2 Å². The van der Waals surface area contributed by atoms with Gasteiger partial charge in [-0.15, -0.1) is 4.40 Å². The van der Waals surface area contributed by atoms with Gasteiger partial charge in [0.25, 0.3) is 10.0 Å². The molecule has 0 amide bonds. The van der Waals surface area contributed by atoms with Gasteiger partial charge in [0.1, 0.15) is 11.0 Å². The van der Waals surface area contributed by atoms with Crippen molar-refractivity contribution in [2.45, 2.75) is 17.9 Å². The fourth-order valence-electron chi connectivity index (χ4n) is 3.06. The number of methoxy groups -OCH3 is 1.